The highest BCUT2D eigenvalue weighted by atomic mass is 16.4. The molecule has 1 atom stereocenters. The lowest BCUT2D eigenvalue weighted by molar-refractivity contribution is -0.144. The number of carboxylic acids is 1. The minimum absolute atomic E-state index is 0.0363. The Kier molecular flexibility index (Phi) is 10.1. The Morgan fingerprint density at radius 1 is 0.804 bits per heavy atom. The minimum atomic E-state index is -0.765. The Bertz CT molecular complexity index is 1980. The third-order valence-corrected chi connectivity index (χ3v) is 11.1. The van der Waals surface area contributed by atoms with Crippen LogP contribution in [0.25, 0.3) is 11.1 Å². The fourth-order valence-corrected chi connectivity index (χ4v) is 7.79. The van der Waals surface area contributed by atoms with Crippen LogP contribution in [0.1, 0.15) is 130 Å². The predicted octanol–water partition coefficient (Wildman–Crippen LogP) is 8.58. The van der Waals surface area contributed by atoms with Gasteiger partial charge in [0.1, 0.15) is 17.4 Å². The van der Waals surface area contributed by atoms with Crippen molar-refractivity contribution in [3.05, 3.63) is 111 Å². The normalized spacial score (nSPS) is 17.7. The number of carboxylic acid groups (broad SMARTS) is 1. The van der Waals surface area contributed by atoms with E-state index in [0.29, 0.717) is 36.2 Å². The van der Waals surface area contributed by atoms with Crippen molar-refractivity contribution in [3.8, 4) is 11.1 Å². The first-order valence-electron chi connectivity index (χ1n) is 18.7. The number of piperidine rings is 1. The van der Waals surface area contributed by atoms with Gasteiger partial charge in [0.25, 0.3) is 5.91 Å². The van der Waals surface area contributed by atoms with Gasteiger partial charge in [0, 0.05) is 31.0 Å². The molecule has 2 aliphatic carbocycles. The molecule has 0 spiro atoms. The van der Waals surface area contributed by atoms with E-state index in [1.165, 1.54) is 24.0 Å². The molecule has 3 heterocycles. The van der Waals surface area contributed by atoms with Crippen LogP contribution >= 0.6 is 0 Å². The molecule has 0 radical (unpaired) electrons. The number of amides is 1. The molecule has 3 aliphatic rings. The quantitative estimate of drug-likeness (QED) is 0.136. The first kappa shape index (κ1) is 34.7. The number of hydrogen-bond donors (Lipinski definition) is 2. The maximum Gasteiger partial charge on any atom is 0.320 e. The molecule has 8 heteroatoms. The summed E-state index contributed by atoms with van der Waals surface area (Å²) in [4.78, 5) is 50.3. The van der Waals surface area contributed by atoms with Gasteiger partial charge in [0.05, 0.1) is 0 Å². The first-order chi connectivity index (χ1) is 24.7. The molecule has 0 unspecified atom stereocenters. The van der Waals surface area contributed by atoms with Crippen LogP contribution < -0.4 is 5.32 Å². The number of nitrogens with zero attached hydrogens (tertiary/aromatic N) is 3. The summed E-state index contributed by atoms with van der Waals surface area (Å²) >= 11 is 0. The van der Waals surface area contributed by atoms with Gasteiger partial charge in [-0.05, 0) is 145 Å². The monoisotopic (exact) mass is 684 g/mol. The van der Waals surface area contributed by atoms with Gasteiger partial charge in [-0.25, -0.2) is 0 Å². The molecule has 1 amide bonds. The summed E-state index contributed by atoms with van der Waals surface area (Å²) in [6.45, 7) is 7.54. The molecule has 2 N–H and O–H groups in total. The lowest BCUT2D eigenvalue weighted by Gasteiger charge is -2.33. The number of benzene rings is 2. The molecule has 7 rings (SSSR count). The number of ketones is 1. The van der Waals surface area contributed by atoms with Gasteiger partial charge < -0.3 is 10.4 Å². The van der Waals surface area contributed by atoms with E-state index < -0.39 is 12.0 Å². The topological polar surface area (TPSA) is 112 Å². The number of pyridine rings is 2. The number of nitrogens with one attached hydrogen (secondary N) is 1. The number of rotatable bonds is 13. The molecular weight excluding hydrogens is 636 g/mol. The van der Waals surface area contributed by atoms with Gasteiger partial charge in [-0.15, -0.1) is 0 Å². The maximum atomic E-state index is 13.8. The summed E-state index contributed by atoms with van der Waals surface area (Å²) in [6, 6.07) is 15.5. The van der Waals surface area contributed by atoms with Crippen molar-refractivity contribution in [2.75, 3.05) is 11.9 Å². The average molecular weight is 685 g/mol. The largest absolute Gasteiger partial charge is 0.480 e. The zero-order valence-corrected chi connectivity index (χ0v) is 30.0. The summed E-state index contributed by atoms with van der Waals surface area (Å²) in [5.74, 6) is -0.0651. The number of aliphatic carboxylic acids is 1. The Morgan fingerprint density at radius 2 is 1.45 bits per heavy atom. The zero-order valence-electron chi connectivity index (χ0n) is 30.0. The lowest BCUT2D eigenvalue weighted by atomic mass is 9.90. The Hall–Kier alpha value is -4.69. The molecule has 51 heavy (non-hydrogen) atoms. The Balaban J connectivity index is 1.08. The van der Waals surface area contributed by atoms with Crippen molar-refractivity contribution >= 4 is 23.3 Å². The number of Topliss-reactive ketones (excluding diaryl/α,β-unsaturated/α-hetero) is 1. The molecule has 0 bridgehead atoms. The van der Waals surface area contributed by atoms with Crippen LogP contribution in [0.2, 0.25) is 0 Å². The van der Waals surface area contributed by atoms with Gasteiger partial charge in [0.15, 0.2) is 5.78 Å². The second kappa shape index (κ2) is 14.9. The number of aromatic nitrogens is 2. The molecule has 8 nitrogen and oxygen atoms in total. The van der Waals surface area contributed by atoms with Crippen LogP contribution in [-0.4, -0.2) is 50.2 Å². The molecule has 2 aromatic heterocycles. The summed E-state index contributed by atoms with van der Waals surface area (Å²) in [7, 11) is 0. The lowest BCUT2D eigenvalue weighted by Crippen LogP contribution is -2.44. The Labute approximate surface area is 300 Å². The predicted molar refractivity (Wildman–Crippen MR) is 199 cm³/mol. The second-order valence-corrected chi connectivity index (χ2v) is 14.8. The number of carbonyl (C=O) groups is 3. The zero-order chi connectivity index (χ0) is 35.6. The number of hydrogen-bond acceptors (Lipinski definition) is 6. The standard InChI is InChI=1S/C43H48N4O4/c1-4-9-31-23-45-39(22-35(31)28-15-16-28)42(49)46-37-13-8-12-34(27(37)3)33-11-7-10-30(26(33)2)20-41(48)38-21-36(29-17-18-29)32(24-44-38)25-47-19-6-5-14-40(47)43(50)51/h7-8,10-13,21-24,28-29,40H,4-6,9,14-20,25H2,1-3H3,(H,46,49)(H,50,51)/t40-/m0/s1. The molecular formula is C43H48N4O4. The van der Waals surface area contributed by atoms with E-state index in [2.05, 4.69) is 39.2 Å². The van der Waals surface area contributed by atoms with E-state index in [1.807, 2.05) is 62.6 Å². The third-order valence-electron chi connectivity index (χ3n) is 11.1. The summed E-state index contributed by atoms with van der Waals surface area (Å²) in [5.41, 5.74) is 11.3. The van der Waals surface area contributed by atoms with Crippen LogP contribution in [0.4, 0.5) is 5.69 Å². The van der Waals surface area contributed by atoms with Crippen molar-refractivity contribution in [1.82, 2.24) is 14.9 Å². The summed E-state index contributed by atoms with van der Waals surface area (Å²) < 4.78 is 0. The third kappa shape index (κ3) is 7.66. The average Bonchev–Trinajstić information content (AvgIpc) is 4.06. The van der Waals surface area contributed by atoms with Gasteiger partial charge >= 0.3 is 5.97 Å². The van der Waals surface area contributed by atoms with Crippen LogP contribution in [0.5, 0.6) is 0 Å². The summed E-state index contributed by atoms with van der Waals surface area (Å²) in [5, 5.41) is 12.9. The molecule has 1 saturated heterocycles. The van der Waals surface area contributed by atoms with Crippen LogP contribution in [-0.2, 0) is 24.2 Å². The van der Waals surface area contributed by atoms with Gasteiger partial charge in [-0.1, -0.05) is 50.1 Å². The second-order valence-electron chi connectivity index (χ2n) is 14.8. The maximum absolute atomic E-state index is 13.8. The smallest absolute Gasteiger partial charge is 0.320 e. The van der Waals surface area contributed by atoms with E-state index >= 15 is 0 Å². The number of likely N-dealkylation sites (tertiary alicyclic amines) is 1. The van der Waals surface area contributed by atoms with Gasteiger partial charge in [-0.3, -0.25) is 29.3 Å². The van der Waals surface area contributed by atoms with Crippen molar-refractivity contribution in [3.63, 3.8) is 0 Å². The van der Waals surface area contributed by atoms with Crippen molar-refractivity contribution in [2.24, 2.45) is 0 Å². The van der Waals surface area contributed by atoms with Gasteiger partial charge in [-0.2, -0.15) is 0 Å². The Morgan fingerprint density at radius 3 is 2.16 bits per heavy atom. The van der Waals surface area contributed by atoms with Crippen LogP contribution in [0.3, 0.4) is 0 Å². The van der Waals surface area contributed by atoms with Gasteiger partial charge in [0.2, 0.25) is 0 Å². The number of carbonyl (C=O) groups excluding carboxylic acids is 2. The highest BCUT2D eigenvalue weighted by Crippen LogP contribution is 2.43. The number of anilines is 1. The molecule has 2 saturated carbocycles. The summed E-state index contributed by atoms with van der Waals surface area (Å²) in [6.07, 6.45) is 13.0. The number of aryl methyl sites for hydroxylation is 1. The fraction of sp³-hybridized carbons (Fsp3) is 0.419. The highest BCUT2D eigenvalue weighted by Gasteiger charge is 2.32. The highest BCUT2D eigenvalue weighted by molar-refractivity contribution is 6.04. The van der Waals surface area contributed by atoms with E-state index in [4.69, 9.17) is 0 Å². The van der Waals surface area contributed by atoms with Crippen molar-refractivity contribution in [1.29, 1.82) is 0 Å². The minimum Gasteiger partial charge on any atom is -0.480 e. The van der Waals surface area contributed by atoms with E-state index in [1.54, 1.807) is 0 Å². The molecule has 1 aliphatic heterocycles. The molecule has 264 valence electrons. The van der Waals surface area contributed by atoms with Crippen molar-refractivity contribution in [2.45, 2.75) is 109 Å². The van der Waals surface area contributed by atoms with Crippen molar-refractivity contribution < 1.29 is 19.5 Å². The fourth-order valence-electron chi connectivity index (χ4n) is 7.79. The van der Waals surface area contributed by atoms with E-state index in [9.17, 15) is 19.5 Å². The van der Waals surface area contributed by atoms with Crippen LogP contribution in [0.15, 0.2) is 60.9 Å². The molecule has 4 aromatic rings. The van der Waals surface area contributed by atoms with E-state index in [-0.39, 0.29) is 18.1 Å². The SMILES string of the molecule is CCCc1cnc(C(=O)Nc2cccc(-c3cccc(CC(=O)c4cc(C5CC5)c(CN5CCCC[C@H]5C(=O)O)cn4)c3C)c2C)cc1C1CC1. The first-order valence-corrected chi connectivity index (χ1v) is 18.7. The van der Waals surface area contributed by atoms with Crippen LogP contribution in [0, 0.1) is 13.8 Å². The van der Waals surface area contributed by atoms with E-state index in [0.717, 1.165) is 89.7 Å². The molecule has 3 fully saturated rings. The molecule has 2 aromatic carbocycles.